The highest BCUT2D eigenvalue weighted by Crippen LogP contribution is 2.76. The van der Waals surface area contributed by atoms with Crippen molar-refractivity contribution in [1.82, 2.24) is 0 Å². The number of hydrogen-bond donors (Lipinski definition) is 7. The Morgan fingerprint density at radius 1 is 0.933 bits per heavy atom. The van der Waals surface area contributed by atoms with Crippen molar-refractivity contribution in [3.8, 4) is 0 Å². The molecule has 5 rings (SSSR count). The molecule has 1 aliphatic heterocycles. The average Bonchev–Trinajstić information content (AvgIpc) is 3.33. The summed E-state index contributed by atoms with van der Waals surface area (Å²) in [6.45, 7) is 16.6. The molecule has 0 aromatic heterocycles. The second-order valence-electron chi connectivity index (χ2n) is 17.5. The first-order chi connectivity index (χ1) is 20.8. The van der Waals surface area contributed by atoms with Gasteiger partial charge in [-0.15, -0.1) is 0 Å². The van der Waals surface area contributed by atoms with E-state index in [1.54, 1.807) is 0 Å². The lowest BCUT2D eigenvalue weighted by Crippen LogP contribution is -2.71. The molecular weight excluding hydrogens is 576 g/mol. The van der Waals surface area contributed by atoms with Gasteiger partial charge in [-0.25, -0.2) is 0 Å². The fourth-order valence-corrected chi connectivity index (χ4v) is 11.9. The second kappa shape index (κ2) is 12.1. The van der Waals surface area contributed by atoms with Crippen molar-refractivity contribution in [1.29, 1.82) is 0 Å². The highest BCUT2D eigenvalue weighted by Gasteiger charge is 2.73. The van der Waals surface area contributed by atoms with E-state index in [1.165, 1.54) is 5.57 Å². The molecule has 0 spiro atoms. The van der Waals surface area contributed by atoms with Crippen molar-refractivity contribution in [2.24, 2.45) is 45.3 Å². The summed E-state index contributed by atoms with van der Waals surface area (Å²) in [7, 11) is 0. The summed E-state index contributed by atoms with van der Waals surface area (Å²) in [5.41, 5.74) is -1.21. The maximum Gasteiger partial charge on any atom is 0.186 e. The molecule has 16 atom stereocenters. The number of aliphatic hydroxyl groups excluding tert-OH is 6. The molecule has 0 aromatic rings. The molecule has 45 heavy (non-hydrogen) atoms. The van der Waals surface area contributed by atoms with Crippen LogP contribution in [0, 0.1) is 45.3 Å². The normalized spacial score (nSPS) is 52.2. The topological polar surface area (TPSA) is 160 Å². The number of allylic oxidation sites excluding steroid dienone is 2. The Bertz CT molecular complexity index is 1100. The first kappa shape index (κ1) is 35.7. The molecule has 0 radical (unpaired) electrons. The molecule has 1 heterocycles. The Morgan fingerprint density at radius 3 is 2.22 bits per heavy atom. The van der Waals surface area contributed by atoms with Crippen LogP contribution in [0.3, 0.4) is 0 Å². The molecule has 1 unspecified atom stereocenters. The maximum atomic E-state index is 12.1. The van der Waals surface area contributed by atoms with Gasteiger partial charge in [0.15, 0.2) is 6.29 Å². The van der Waals surface area contributed by atoms with E-state index in [2.05, 4.69) is 54.5 Å². The standard InChI is InChI=1S/C36H62O9/c1-19(2)10-9-13-36(8,43)20-11-15-34(6)26(20)21(38)16-24-33(5)14-12-25(39)32(3,4)30(33)22(17-35(24,34)7)44-31-29(42)28(41)27(40)23(18-37)45-31/h10,20-31,37-43H,9,11-18H2,1-8H3/t20-,21+,22-,23+,24+,25-,26-,27+,28-,29?,30-,31+,33+,34+,35+,36+/m0/s1. The molecule has 4 saturated carbocycles. The Morgan fingerprint density at radius 2 is 1.60 bits per heavy atom. The second-order valence-corrected chi connectivity index (χ2v) is 17.5. The molecule has 1 saturated heterocycles. The number of rotatable bonds is 7. The average molecular weight is 639 g/mol. The van der Waals surface area contributed by atoms with Crippen molar-refractivity contribution in [2.75, 3.05) is 6.61 Å². The number of fused-ring (bicyclic) bond motifs is 5. The maximum absolute atomic E-state index is 12.1. The zero-order chi connectivity index (χ0) is 33.5. The summed E-state index contributed by atoms with van der Waals surface area (Å²) in [5.74, 6) is -0.186. The monoisotopic (exact) mass is 638 g/mol. The molecule has 0 amide bonds. The van der Waals surface area contributed by atoms with E-state index in [4.69, 9.17) is 9.47 Å². The van der Waals surface area contributed by atoms with Crippen LogP contribution in [0.15, 0.2) is 11.6 Å². The molecule has 7 N–H and O–H groups in total. The molecule has 5 aliphatic rings. The van der Waals surface area contributed by atoms with E-state index in [1.807, 2.05) is 6.92 Å². The third kappa shape index (κ3) is 5.48. The van der Waals surface area contributed by atoms with Crippen molar-refractivity contribution >= 4 is 0 Å². The Kier molecular flexibility index (Phi) is 9.56. The first-order valence-corrected chi connectivity index (χ1v) is 17.4. The van der Waals surface area contributed by atoms with Gasteiger partial charge in [0.25, 0.3) is 0 Å². The van der Waals surface area contributed by atoms with E-state index in [0.29, 0.717) is 25.7 Å². The van der Waals surface area contributed by atoms with E-state index in [0.717, 1.165) is 25.7 Å². The smallest absolute Gasteiger partial charge is 0.186 e. The van der Waals surface area contributed by atoms with Gasteiger partial charge in [0.2, 0.25) is 0 Å². The molecule has 260 valence electrons. The summed E-state index contributed by atoms with van der Waals surface area (Å²) < 4.78 is 12.6. The highest BCUT2D eigenvalue weighted by atomic mass is 16.7. The summed E-state index contributed by atoms with van der Waals surface area (Å²) >= 11 is 0. The van der Waals surface area contributed by atoms with Crippen LogP contribution >= 0.6 is 0 Å². The van der Waals surface area contributed by atoms with Crippen LogP contribution in [0.4, 0.5) is 0 Å². The van der Waals surface area contributed by atoms with Gasteiger partial charge in [-0.3, -0.25) is 0 Å². The minimum Gasteiger partial charge on any atom is -0.394 e. The van der Waals surface area contributed by atoms with Gasteiger partial charge in [0.05, 0.1) is 30.5 Å². The molecule has 0 bridgehead atoms. The van der Waals surface area contributed by atoms with Crippen molar-refractivity contribution < 1.29 is 45.2 Å². The molecule has 9 nitrogen and oxygen atoms in total. The van der Waals surface area contributed by atoms with E-state index >= 15 is 0 Å². The van der Waals surface area contributed by atoms with Gasteiger partial charge in [0, 0.05) is 0 Å². The van der Waals surface area contributed by atoms with E-state index in [9.17, 15) is 35.7 Å². The third-order valence-corrected chi connectivity index (χ3v) is 14.4. The largest absolute Gasteiger partial charge is 0.394 e. The van der Waals surface area contributed by atoms with E-state index < -0.39 is 66.6 Å². The van der Waals surface area contributed by atoms with Crippen LogP contribution in [-0.2, 0) is 9.47 Å². The summed E-state index contributed by atoms with van der Waals surface area (Å²) in [5, 5.41) is 77.2. The Balaban J connectivity index is 1.54. The van der Waals surface area contributed by atoms with Crippen LogP contribution in [-0.4, -0.2) is 97.0 Å². The first-order valence-electron chi connectivity index (χ1n) is 17.4. The predicted molar refractivity (Wildman–Crippen MR) is 170 cm³/mol. The fraction of sp³-hybridized carbons (Fsp3) is 0.944. The lowest BCUT2D eigenvalue weighted by atomic mass is 9.34. The Labute approximate surface area is 270 Å². The van der Waals surface area contributed by atoms with Gasteiger partial charge in [-0.1, -0.05) is 46.3 Å². The zero-order valence-corrected chi connectivity index (χ0v) is 28.8. The number of ether oxygens (including phenoxy) is 2. The summed E-state index contributed by atoms with van der Waals surface area (Å²) in [6.07, 6.45) is -0.603. The molecule has 4 aliphatic carbocycles. The molecule has 9 heteroatoms. The van der Waals surface area contributed by atoms with Gasteiger partial charge < -0.3 is 45.2 Å². The molecule has 5 fully saturated rings. The van der Waals surface area contributed by atoms with Crippen LogP contribution in [0.5, 0.6) is 0 Å². The fourth-order valence-electron chi connectivity index (χ4n) is 11.9. The van der Waals surface area contributed by atoms with Crippen LogP contribution < -0.4 is 0 Å². The van der Waals surface area contributed by atoms with Gasteiger partial charge in [-0.2, -0.15) is 0 Å². The predicted octanol–water partition coefficient (Wildman–Crippen LogP) is 3.30. The van der Waals surface area contributed by atoms with E-state index in [-0.39, 0.29) is 39.9 Å². The minimum absolute atomic E-state index is 0.0548. The number of aliphatic hydroxyl groups is 7. The molecule has 0 aromatic carbocycles. The zero-order valence-electron chi connectivity index (χ0n) is 28.8. The van der Waals surface area contributed by atoms with Crippen LogP contribution in [0.2, 0.25) is 0 Å². The Hall–Kier alpha value is -0.620. The summed E-state index contributed by atoms with van der Waals surface area (Å²) in [4.78, 5) is 0. The lowest BCUT2D eigenvalue weighted by molar-refractivity contribution is -0.346. The lowest BCUT2D eigenvalue weighted by Gasteiger charge is -2.72. The van der Waals surface area contributed by atoms with Gasteiger partial charge in [-0.05, 0) is 117 Å². The van der Waals surface area contributed by atoms with Crippen molar-refractivity contribution in [3.05, 3.63) is 11.6 Å². The minimum atomic E-state index is -1.54. The van der Waals surface area contributed by atoms with Gasteiger partial charge in [0.1, 0.15) is 24.4 Å². The SMILES string of the molecule is CC(C)=CCC[C@@](C)(O)[C@H]1CC[C@]2(C)[C@@H]1[C@H](O)C[C@@H]1[C@@]3(C)CC[C@H](O)C(C)(C)[C@@H]3[C@@H](O[C@@H]3O[C@H](CO)[C@@H](O)[C@H](O)C3O)C[C@]12C. The molecular formula is C36H62O9. The summed E-state index contributed by atoms with van der Waals surface area (Å²) in [6, 6.07) is 0. The van der Waals surface area contributed by atoms with Crippen LogP contribution in [0.25, 0.3) is 0 Å². The van der Waals surface area contributed by atoms with Gasteiger partial charge >= 0.3 is 0 Å². The van der Waals surface area contributed by atoms with Crippen molar-refractivity contribution in [3.63, 3.8) is 0 Å². The van der Waals surface area contributed by atoms with Crippen molar-refractivity contribution in [2.45, 2.75) is 161 Å². The highest BCUT2D eigenvalue weighted by molar-refractivity contribution is 5.22. The third-order valence-electron chi connectivity index (χ3n) is 14.4. The quantitative estimate of drug-likeness (QED) is 0.164. The van der Waals surface area contributed by atoms with Crippen LogP contribution in [0.1, 0.15) is 107 Å². The number of hydrogen-bond acceptors (Lipinski definition) is 9.